The molecular weight excluding hydrogens is 555 g/mol. The molecular formula is C28H35F9O3. The zero-order chi connectivity index (χ0) is 29.6. The largest absolute Gasteiger partial charge is 0.494 e. The molecule has 1 aromatic carbocycles. The van der Waals surface area contributed by atoms with E-state index >= 15 is 0 Å². The highest BCUT2D eigenvalue weighted by molar-refractivity contribution is 5.40. The summed E-state index contributed by atoms with van der Waals surface area (Å²) >= 11 is 0. The number of ether oxygens (including phenoxy) is 3. The lowest BCUT2D eigenvalue weighted by atomic mass is 9.55. The van der Waals surface area contributed by atoms with Crippen LogP contribution in [-0.2, 0) is 15.9 Å². The zero-order valence-electron chi connectivity index (χ0n) is 22.4. The molecule has 0 amide bonds. The first-order chi connectivity index (χ1) is 18.6. The Kier molecular flexibility index (Phi) is 8.74. The van der Waals surface area contributed by atoms with Crippen molar-refractivity contribution in [3.05, 3.63) is 29.3 Å². The van der Waals surface area contributed by atoms with Gasteiger partial charge in [-0.15, -0.1) is 0 Å². The highest BCUT2D eigenvalue weighted by Gasteiger charge is 2.85. The van der Waals surface area contributed by atoms with Crippen LogP contribution in [0.15, 0.2) is 18.2 Å². The van der Waals surface area contributed by atoms with Gasteiger partial charge in [0.2, 0.25) is 0 Å². The van der Waals surface area contributed by atoms with Gasteiger partial charge in [-0.05, 0) is 97.8 Å². The van der Waals surface area contributed by atoms with E-state index in [1.807, 2.05) is 6.07 Å². The molecule has 12 heteroatoms. The summed E-state index contributed by atoms with van der Waals surface area (Å²) in [5, 5.41) is 0. The normalized spacial score (nSPS) is 29.1. The molecule has 1 aromatic rings. The summed E-state index contributed by atoms with van der Waals surface area (Å²) in [5.74, 6) is 2.03. The Labute approximate surface area is 227 Å². The van der Waals surface area contributed by atoms with Gasteiger partial charge < -0.3 is 14.2 Å². The summed E-state index contributed by atoms with van der Waals surface area (Å²) in [6, 6.07) is 6.30. The molecule has 3 nitrogen and oxygen atoms in total. The molecule has 5 unspecified atom stereocenters. The monoisotopic (exact) mass is 590 g/mol. The third-order valence-corrected chi connectivity index (χ3v) is 9.21. The van der Waals surface area contributed by atoms with Gasteiger partial charge >= 0.3 is 24.1 Å². The van der Waals surface area contributed by atoms with Crippen LogP contribution in [0, 0.1) is 17.3 Å². The summed E-state index contributed by atoms with van der Waals surface area (Å²) < 4.78 is 133. The highest BCUT2D eigenvalue weighted by Crippen LogP contribution is 2.62. The molecule has 3 aliphatic rings. The third-order valence-electron chi connectivity index (χ3n) is 9.21. The van der Waals surface area contributed by atoms with Crippen LogP contribution in [0.3, 0.4) is 0 Å². The number of rotatable bonds is 9. The minimum Gasteiger partial charge on any atom is -0.494 e. The maximum Gasteiger partial charge on any atom is 0.435 e. The van der Waals surface area contributed by atoms with Gasteiger partial charge in [0.1, 0.15) is 5.75 Å². The summed E-state index contributed by atoms with van der Waals surface area (Å²) in [6.07, 6.45) is -14.8. The lowest BCUT2D eigenvalue weighted by Gasteiger charge is -2.50. The molecule has 0 radical (unpaired) electrons. The van der Waals surface area contributed by atoms with Crippen LogP contribution < -0.4 is 4.74 Å². The molecule has 0 N–H and O–H groups in total. The minimum absolute atomic E-state index is 0.225. The number of aryl methyl sites for hydroxylation is 1. The fraction of sp³-hybridized carbons (Fsp3) is 0.786. The van der Waals surface area contributed by atoms with Crippen molar-refractivity contribution in [1.29, 1.82) is 0 Å². The third kappa shape index (κ3) is 5.43. The van der Waals surface area contributed by atoms with Crippen LogP contribution in [0.4, 0.5) is 39.5 Å². The maximum absolute atomic E-state index is 13.1. The maximum atomic E-state index is 13.1. The van der Waals surface area contributed by atoms with Gasteiger partial charge in [-0.3, -0.25) is 0 Å². The fourth-order valence-corrected chi connectivity index (χ4v) is 7.33. The average Bonchev–Trinajstić information content (AvgIpc) is 3.18. The van der Waals surface area contributed by atoms with Crippen LogP contribution >= 0.6 is 0 Å². The van der Waals surface area contributed by atoms with Crippen LogP contribution in [0.1, 0.15) is 75.8 Å². The van der Waals surface area contributed by atoms with Gasteiger partial charge in [0, 0.05) is 6.61 Å². The van der Waals surface area contributed by atoms with Crippen molar-refractivity contribution in [3.63, 3.8) is 0 Å². The number of benzene rings is 1. The first-order valence-electron chi connectivity index (χ1n) is 13.8. The van der Waals surface area contributed by atoms with Gasteiger partial charge in [0.15, 0.2) is 0 Å². The Morgan fingerprint density at radius 2 is 1.52 bits per heavy atom. The van der Waals surface area contributed by atoms with E-state index in [0.29, 0.717) is 30.8 Å². The topological polar surface area (TPSA) is 27.7 Å². The standard InChI is InChI=1S/C28H35F9O3/c1-3-13-38-18-6-8-19-17(16-18)5-7-21-20(19)11-12-24(2)22(21)9-10-23(24)39-14-4-15-40-25(26(29,30)31,27(32,33)34)28(35,36)37/h6,8,16,20-23H,3-5,7,9-15H2,1-2H3. The van der Waals surface area contributed by atoms with Crippen molar-refractivity contribution in [1.82, 2.24) is 0 Å². The summed E-state index contributed by atoms with van der Waals surface area (Å²) in [6.45, 7) is 3.12. The van der Waals surface area contributed by atoms with Gasteiger partial charge in [0.05, 0.1) is 19.3 Å². The molecule has 5 atom stereocenters. The van der Waals surface area contributed by atoms with E-state index in [0.717, 1.165) is 44.3 Å². The van der Waals surface area contributed by atoms with Gasteiger partial charge in [-0.1, -0.05) is 19.9 Å². The Balaban J connectivity index is 1.36. The smallest absolute Gasteiger partial charge is 0.435 e. The number of alkyl halides is 9. The minimum atomic E-state index is -6.72. The number of fused-ring (bicyclic) bond motifs is 5. The molecule has 0 aliphatic heterocycles. The molecule has 0 heterocycles. The molecule has 2 saturated carbocycles. The van der Waals surface area contributed by atoms with E-state index in [-0.39, 0.29) is 18.1 Å². The first-order valence-corrected chi connectivity index (χ1v) is 13.8. The quantitative estimate of drug-likeness (QED) is 0.213. The molecule has 2 fully saturated rings. The highest BCUT2D eigenvalue weighted by atomic mass is 19.4. The van der Waals surface area contributed by atoms with E-state index in [2.05, 4.69) is 30.7 Å². The average molecular weight is 591 g/mol. The Bertz CT molecular complexity index is 984. The number of hydrogen-bond donors (Lipinski definition) is 0. The summed E-state index contributed by atoms with van der Waals surface area (Å²) in [7, 11) is 0. The molecule has 0 spiro atoms. The fourth-order valence-electron chi connectivity index (χ4n) is 7.33. The SMILES string of the molecule is CCCOc1ccc2c(c1)CCC1C2CCC2(C)C(OCCCOC(C(F)(F)F)(C(F)(F)F)C(F)(F)F)CCC12. The zero-order valence-corrected chi connectivity index (χ0v) is 22.4. The van der Waals surface area contributed by atoms with E-state index < -0.39 is 37.2 Å². The molecule has 0 aromatic heterocycles. The van der Waals surface area contributed by atoms with Gasteiger partial charge in [0.25, 0.3) is 0 Å². The van der Waals surface area contributed by atoms with E-state index in [1.54, 1.807) is 0 Å². The predicted octanol–water partition coefficient (Wildman–Crippen LogP) is 8.55. The summed E-state index contributed by atoms with van der Waals surface area (Å²) in [5.41, 5.74) is -3.82. The Hall–Kier alpha value is -1.69. The van der Waals surface area contributed by atoms with Crippen molar-refractivity contribution in [2.45, 2.75) is 101 Å². The predicted molar refractivity (Wildman–Crippen MR) is 128 cm³/mol. The van der Waals surface area contributed by atoms with Crippen molar-refractivity contribution < 1.29 is 53.7 Å². The van der Waals surface area contributed by atoms with Crippen molar-refractivity contribution in [3.8, 4) is 5.75 Å². The lowest BCUT2D eigenvalue weighted by Crippen LogP contribution is -2.67. The van der Waals surface area contributed by atoms with Crippen LogP contribution in [0.2, 0.25) is 0 Å². The van der Waals surface area contributed by atoms with Crippen LogP contribution in [-0.4, -0.2) is 50.1 Å². The molecule has 4 rings (SSSR count). The number of halogens is 9. The van der Waals surface area contributed by atoms with E-state index in [9.17, 15) is 39.5 Å². The molecule has 3 aliphatic carbocycles. The first kappa shape index (κ1) is 31.3. The second-order valence-corrected chi connectivity index (χ2v) is 11.5. The lowest BCUT2D eigenvalue weighted by molar-refractivity contribution is -0.457. The second-order valence-electron chi connectivity index (χ2n) is 11.5. The van der Waals surface area contributed by atoms with Crippen molar-refractivity contribution in [2.24, 2.45) is 17.3 Å². The molecule has 0 saturated heterocycles. The second kappa shape index (κ2) is 11.2. The van der Waals surface area contributed by atoms with E-state index in [4.69, 9.17) is 9.47 Å². The molecule has 0 bridgehead atoms. The number of hydrogen-bond acceptors (Lipinski definition) is 3. The van der Waals surface area contributed by atoms with Crippen LogP contribution in [0.25, 0.3) is 0 Å². The molecule has 40 heavy (non-hydrogen) atoms. The van der Waals surface area contributed by atoms with Crippen molar-refractivity contribution >= 4 is 0 Å². The Morgan fingerprint density at radius 3 is 2.15 bits per heavy atom. The van der Waals surface area contributed by atoms with Crippen LogP contribution in [0.5, 0.6) is 5.75 Å². The van der Waals surface area contributed by atoms with E-state index in [1.165, 1.54) is 11.1 Å². The Morgan fingerprint density at radius 1 is 0.850 bits per heavy atom. The van der Waals surface area contributed by atoms with Gasteiger partial charge in [-0.2, -0.15) is 39.5 Å². The summed E-state index contributed by atoms with van der Waals surface area (Å²) in [4.78, 5) is 0. The van der Waals surface area contributed by atoms with Crippen molar-refractivity contribution in [2.75, 3.05) is 19.8 Å². The van der Waals surface area contributed by atoms with Gasteiger partial charge in [-0.25, -0.2) is 0 Å². The molecule has 228 valence electrons.